The minimum atomic E-state index is -0.865. The number of aromatic nitrogens is 2. The normalized spacial score (nSPS) is 26.3. The molecule has 14 heavy (non-hydrogen) atoms. The van der Waals surface area contributed by atoms with Gasteiger partial charge in [-0.05, 0) is 12.5 Å². The summed E-state index contributed by atoms with van der Waals surface area (Å²) in [5.74, 6) is -0.250. The van der Waals surface area contributed by atoms with Crippen molar-refractivity contribution in [3.63, 3.8) is 0 Å². The maximum absolute atomic E-state index is 10.6. The van der Waals surface area contributed by atoms with Gasteiger partial charge in [0.2, 0.25) is 0 Å². The molecule has 1 fully saturated rings. The number of nitrogens with one attached hydrogen (secondary N) is 2. The van der Waals surface area contributed by atoms with Gasteiger partial charge in [0.25, 0.3) is 0 Å². The van der Waals surface area contributed by atoms with E-state index in [1.54, 1.807) is 18.5 Å². The van der Waals surface area contributed by atoms with Crippen molar-refractivity contribution in [2.45, 2.75) is 18.5 Å². The van der Waals surface area contributed by atoms with Gasteiger partial charge in [-0.25, -0.2) is 20.8 Å². The molecular weight excluding hydrogens is 184 g/mol. The summed E-state index contributed by atoms with van der Waals surface area (Å²) in [6, 6.07) is 1.03. The smallest absolute Gasteiger partial charge is 0.322 e. The summed E-state index contributed by atoms with van der Waals surface area (Å²) in [6.45, 7) is 0. The van der Waals surface area contributed by atoms with Crippen LogP contribution < -0.4 is 10.9 Å². The fourth-order valence-corrected chi connectivity index (χ4v) is 1.38. The Labute approximate surface area is 80.4 Å². The second kappa shape index (κ2) is 3.69. The Hall–Kier alpha value is -1.53. The first-order valence-electron chi connectivity index (χ1n) is 4.28. The maximum Gasteiger partial charge on any atom is 0.322 e. The Bertz CT molecular complexity index is 329. The number of hydrogen-bond donors (Lipinski definition) is 3. The first kappa shape index (κ1) is 9.04. The Balaban J connectivity index is 2.06. The number of carbonyl (C=O) groups is 1. The van der Waals surface area contributed by atoms with Gasteiger partial charge in [0.1, 0.15) is 11.9 Å². The molecule has 6 nitrogen and oxygen atoms in total. The molecule has 2 rings (SSSR count). The van der Waals surface area contributed by atoms with E-state index in [4.69, 9.17) is 5.11 Å². The van der Waals surface area contributed by atoms with E-state index in [1.807, 2.05) is 0 Å². The van der Waals surface area contributed by atoms with Crippen LogP contribution in [0.2, 0.25) is 0 Å². The van der Waals surface area contributed by atoms with Crippen LogP contribution in [0.25, 0.3) is 0 Å². The molecule has 0 bridgehead atoms. The Morgan fingerprint density at radius 1 is 1.43 bits per heavy atom. The van der Waals surface area contributed by atoms with Crippen LogP contribution in [0.3, 0.4) is 0 Å². The number of aliphatic carboxylic acids is 1. The maximum atomic E-state index is 10.6. The largest absolute Gasteiger partial charge is 0.480 e. The van der Waals surface area contributed by atoms with E-state index in [0.717, 1.165) is 0 Å². The molecule has 0 amide bonds. The van der Waals surface area contributed by atoms with Gasteiger partial charge in [0.05, 0.1) is 6.04 Å². The molecule has 6 heteroatoms. The average Bonchev–Trinajstić information content (AvgIpc) is 2.68. The first-order valence-corrected chi connectivity index (χ1v) is 4.28. The van der Waals surface area contributed by atoms with E-state index < -0.39 is 12.0 Å². The monoisotopic (exact) mass is 194 g/mol. The lowest BCUT2D eigenvalue weighted by atomic mass is 10.1. The van der Waals surface area contributed by atoms with E-state index in [9.17, 15) is 4.79 Å². The summed E-state index contributed by atoms with van der Waals surface area (Å²) in [7, 11) is 0. The van der Waals surface area contributed by atoms with Crippen molar-refractivity contribution in [3.8, 4) is 0 Å². The molecule has 2 atom stereocenters. The minimum absolute atomic E-state index is 0.128. The zero-order valence-corrected chi connectivity index (χ0v) is 7.34. The number of rotatable bonds is 2. The third kappa shape index (κ3) is 1.70. The fourth-order valence-electron chi connectivity index (χ4n) is 1.38. The summed E-state index contributed by atoms with van der Waals surface area (Å²) in [5.41, 5.74) is 5.52. The molecule has 2 unspecified atom stereocenters. The SMILES string of the molecule is O=C(O)C1CC(c2ncccn2)NN1. The lowest BCUT2D eigenvalue weighted by molar-refractivity contribution is -0.139. The highest BCUT2D eigenvalue weighted by molar-refractivity contribution is 5.73. The van der Waals surface area contributed by atoms with Crippen molar-refractivity contribution in [2.75, 3.05) is 0 Å². The Morgan fingerprint density at radius 2 is 2.14 bits per heavy atom. The zero-order valence-electron chi connectivity index (χ0n) is 7.34. The molecule has 0 spiro atoms. The molecular formula is C8H10N4O2. The third-order valence-electron chi connectivity index (χ3n) is 2.10. The van der Waals surface area contributed by atoms with E-state index in [2.05, 4.69) is 20.8 Å². The molecule has 3 N–H and O–H groups in total. The van der Waals surface area contributed by atoms with Crippen LogP contribution in [0.1, 0.15) is 18.3 Å². The van der Waals surface area contributed by atoms with Crippen molar-refractivity contribution >= 4 is 5.97 Å². The predicted octanol–water partition coefficient (Wildman–Crippen LogP) is -0.531. The molecule has 0 aromatic carbocycles. The van der Waals surface area contributed by atoms with E-state index >= 15 is 0 Å². The molecule has 1 aromatic rings. The van der Waals surface area contributed by atoms with Gasteiger partial charge in [-0.15, -0.1) is 0 Å². The van der Waals surface area contributed by atoms with E-state index in [0.29, 0.717) is 12.2 Å². The standard InChI is InChI=1S/C8H10N4O2/c13-8(14)6-4-5(11-12-6)7-9-2-1-3-10-7/h1-3,5-6,11-12H,4H2,(H,13,14). The minimum Gasteiger partial charge on any atom is -0.480 e. The summed E-state index contributed by atoms with van der Waals surface area (Å²) >= 11 is 0. The van der Waals surface area contributed by atoms with E-state index in [1.165, 1.54) is 0 Å². The highest BCUT2D eigenvalue weighted by atomic mass is 16.4. The van der Waals surface area contributed by atoms with Crippen molar-refractivity contribution in [2.24, 2.45) is 0 Å². The van der Waals surface area contributed by atoms with Crippen LogP contribution in [0.5, 0.6) is 0 Å². The van der Waals surface area contributed by atoms with Crippen LogP contribution >= 0.6 is 0 Å². The first-order chi connectivity index (χ1) is 6.77. The molecule has 0 radical (unpaired) electrons. The quantitative estimate of drug-likeness (QED) is 0.586. The van der Waals surface area contributed by atoms with Gasteiger partial charge < -0.3 is 5.11 Å². The fraction of sp³-hybridized carbons (Fsp3) is 0.375. The predicted molar refractivity (Wildman–Crippen MR) is 47.1 cm³/mol. The van der Waals surface area contributed by atoms with Crippen molar-refractivity contribution < 1.29 is 9.90 Å². The summed E-state index contributed by atoms with van der Waals surface area (Å²) in [6.07, 6.45) is 3.73. The van der Waals surface area contributed by atoms with Crippen LogP contribution in [-0.2, 0) is 4.79 Å². The Morgan fingerprint density at radius 3 is 2.71 bits per heavy atom. The number of carboxylic acid groups (broad SMARTS) is 1. The van der Waals surface area contributed by atoms with Crippen LogP contribution in [-0.4, -0.2) is 27.1 Å². The lowest BCUT2D eigenvalue weighted by Crippen LogP contribution is -2.36. The summed E-state index contributed by atoms with van der Waals surface area (Å²) in [5, 5.41) is 8.73. The second-order valence-electron chi connectivity index (χ2n) is 3.07. The second-order valence-corrected chi connectivity index (χ2v) is 3.07. The highest BCUT2D eigenvalue weighted by Gasteiger charge is 2.31. The molecule has 0 aliphatic carbocycles. The molecule has 1 aromatic heterocycles. The van der Waals surface area contributed by atoms with Crippen LogP contribution in [0.15, 0.2) is 18.5 Å². The van der Waals surface area contributed by atoms with Gasteiger partial charge in [-0.2, -0.15) is 0 Å². The average molecular weight is 194 g/mol. The number of hydrazine groups is 1. The van der Waals surface area contributed by atoms with Gasteiger partial charge in [0, 0.05) is 12.4 Å². The molecule has 74 valence electrons. The van der Waals surface area contributed by atoms with Crippen molar-refractivity contribution in [1.29, 1.82) is 0 Å². The number of nitrogens with zero attached hydrogens (tertiary/aromatic N) is 2. The Kier molecular flexibility index (Phi) is 2.38. The molecule has 2 heterocycles. The van der Waals surface area contributed by atoms with Crippen molar-refractivity contribution in [1.82, 2.24) is 20.8 Å². The summed E-state index contributed by atoms with van der Waals surface area (Å²) < 4.78 is 0. The molecule has 1 saturated heterocycles. The van der Waals surface area contributed by atoms with Crippen molar-refractivity contribution in [3.05, 3.63) is 24.3 Å². The van der Waals surface area contributed by atoms with E-state index in [-0.39, 0.29) is 6.04 Å². The van der Waals surface area contributed by atoms with Crippen LogP contribution in [0, 0.1) is 0 Å². The van der Waals surface area contributed by atoms with Gasteiger partial charge in [-0.1, -0.05) is 0 Å². The molecule has 0 saturated carbocycles. The molecule has 1 aliphatic heterocycles. The third-order valence-corrected chi connectivity index (χ3v) is 2.10. The summed E-state index contributed by atoms with van der Waals surface area (Å²) in [4.78, 5) is 18.7. The number of carboxylic acids is 1. The molecule has 1 aliphatic rings. The number of hydrogen-bond acceptors (Lipinski definition) is 5. The highest BCUT2D eigenvalue weighted by Crippen LogP contribution is 2.17. The zero-order chi connectivity index (χ0) is 9.97. The van der Waals surface area contributed by atoms with Gasteiger partial charge in [0.15, 0.2) is 0 Å². The van der Waals surface area contributed by atoms with Crippen LogP contribution in [0.4, 0.5) is 0 Å². The van der Waals surface area contributed by atoms with Gasteiger partial charge >= 0.3 is 5.97 Å². The topological polar surface area (TPSA) is 87.1 Å². The lowest BCUT2D eigenvalue weighted by Gasteiger charge is -2.05. The van der Waals surface area contributed by atoms with Gasteiger partial charge in [-0.3, -0.25) is 4.79 Å².